The van der Waals surface area contributed by atoms with E-state index in [0.29, 0.717) is 0 Å². The van der Waals surface area contributed by atoms with E-state index in [-0.39, 0.29) is 0 Å². The van der Waals surface area contributed by atoms with Crippen LogP contribution in [0.25, 0.3) is 82.8 Å². The molecular formula is C58H40N2. The Hall–Kier alpha value is -7.94. The SMILES string of the molecule is c1ccc(-c2cccc(N(c3ccc(-c4ccc5ccccc5c4)cc3)c3ccccc3-c3cccc(-c4cccc5c4c4ccccc4n5-c4ccccc4)c3)c2)cc1. The molecule has 1 heterocycles. The molecule has 11 rings (SSSR count). The first kappa shape index (κ1) is 35.2. The van der Waals surface area contributed by atoms with Gasteiger partial charge in [0.2, 0.25) is 0 Å². The van der Waals surface area contributed by atoms with E-state index in [2.05, 4.69) is 252 Å². The van der Waals surface area contributed by atoms with Gasteiger partial charge in [0.1, 0.15) is 0 Å². The maximum atomic E-state index is 2.41. The van der Waals surface area contributed by atoms with Crippen LogP contribution >= 0.6 is 0 Å². The van der Waals surface area contributed by atoms with Gasteiger partial charge in [0.25, 0.3) is 0 Å². The van der Waals surface area contributed by atoms with Crippen molar-refractivity contribution in [1.82, 2.24) is 4.57 Å². The lowest BCUT2D eigenvalue weighted by Crippen LogP contribution is -2.11. The third kappa shape index (κ3) is 6.32. The van der Waals surface area contributed by atoms with Crippen LogP contribution in [0.5, 0.6) is 0 Å². The Morgan fingerprint density at radius 2 is 0.867 bits per heavy atom. The summed E-state index contributed by atoms with van der Waals surface area (Å²) in [6, 6.07) is 87.9. The van der Waals surface area contributed by atoms with E-state index in [0.717, 1.165) is 33.9 Å². The van der Waals surface area contributed by atoms with Crippen LogP contribution < -0.4 is 4.90 Å². The van der Waals surface area contributed by atoms with Crippen molar-refractivity contribution in [1.29, 1.82) is 0 Å². The lowest BCUT2D eigenvalue weighted by atomic mass is 9.94. The maximum Gasteiger partial charge on any atom is 0.0547 e. The van der Waals surface area contributed by atoms with Crippen molar-refractivity contribution in [3.8, 4) is 50.2 Å². The molecule has 2 heteroatoms. The molecule has 0 saturated heterocycles. The van der Waals surface area contributed by atoms with Gasteiger partial charge in [-0.3, -0.25) is 0 Å². The summed E-state index contributed by atoms with van der Waals surface area (Å²) in [7, 11) is 0. The van der Waals surface area contributed by atoms with Gasteiger partial charge in [-0.15, -0.1) is 0 Å². The van der Waals surface area contributed by atoms with Crippen molar-refractivity contribution in [3.05, 3.63) is 243 Å². The number of hydrogen-bond donors (Lipinski definition) is 0. The average Bonchev–Trinajstić information content (AvgIpc) is 3.67. The van der Waals surface area contributed by atoms with Gasteiger partial charge in [0.15, 0.2) is 0 Å². The Kier molecular flexibility index (Phi) is 8.87. The van der Waals surface area contributed by atoms with E-state index < -0.39 is 0 Å². The van der Waals surface area contributed by atoms with Crippen LogP contribution in [0.15, 0.2) is 243 Å². The first-order valence-electron chi connectivity index (χ1n) is 20.6. The Balaban J connectivity index is 1.05. The molecule has 0 aliphatic rings. The molecule has 0 saturated carbocycles. The van der Waals surface area contributed by atoms with Gasteiger partial charge in [-0.05, 0) is 116 Å². The number of aromatic nitrogens is 1. The van der Waals surface area contributed by atoms with Crippen molar-refractivity contribution in [2.45, 2.75) is 0 Å². The Morgan fingerprint density at radius 1 is 0.300 bits per heavy atom. The third-order valence-electron chi connectivity index (χ3n) is 11.8. The van der Waals surface area contributed by atoms with E-state index in [4.69, 9.17) is 0 Å². The molecule has 1 aromatic heterocycles. The number of anilines is 3. The van der Waals surface area contributed by atoms with Gasteiger partial charge in [-0.1, -0.05) is 176 Å². The van der Waals surface area contributed by atoms with E-state index >= 15 is 0 Å². The minimum absolute atomic E-state index is 1.09. The van der Waals surface area contributed by atoms with Crippen LogP contribution in [0.4, 0.5) is 17.1 Å². The Bertz CT molecular complexity index is 3310. The fourth-order valence-electron chi connectivity index (χ4n) is 8.94. The Labute approximate surface area is 350 Å². The normalized spacial score (nSPS) is 11.3. The number of para-hydroxylation sites is 3. The van der Waals surface area contributed by atoms with Gasteiger partial charge < -0.3 is 9.47 Å². The molecule has 10 aromatic carbocycles. The quantitative estimate of drug-likeness (QED) is 0.150. The molecule has 0 atom stereocenters. The molecule has 0 spiro atoms. The zero-order valence-electron chi connectivity index (χ0n) is 33.0. The Morgan fingerprint density at radius 3 is 1.72 bits per heavy atom. The molecular weight excluding hydrogens is 725 g/mol. The highest BCUT2D eigenvalue weighted by atomic mass is 15.1. The average molecular weight is 765 g/mol. The number of hydrogen-bond acceptors (Lipinski definition) is 1. The minimum atomic E-state index is 1.09. The summed E-state index contributed by atoms with van der Waals surface area (Å²) in [6.45, 7) is 0. The molecule has 0 fully saturated rings. The summed E-state index contributed by atoms with van der Waals surface area (Å²) < 4.78 is 2.39. The van der Waals surface area contributed by atoms with Crippen molar-refractivity contribution in [2.75, 3.05) is 4.90 Å². The minimum Gasteiger partial charge on any atom is -0.310 e. The van der Waals surface area contributed by atoms with E-state index in [1.807, 2.05) is 0 Å². The largest absolute Gasteiger partial charge is 0.310 e. The number of nitrogens with zero attached hydrogens (tertiary/aromatic N) is 2. The zero-order chi connectivity index (χ0) is 39.8. The maximum absolute atomic E-state index is 2.41. The highest BCUT2D eigenvalue weighted by Crippen LogP contribution is 2.44. The van der Waals surface area contributed by atoms with Gasteiger partial charge in [-0.25, -0.2) is 0 Å². The van der Waals surface area contributed by atoms with Crippen LogP contribution in [0.3, 0.4) is 0 Å². The predicted octanol–water partition coefficient (Wildman–Crippen LogP) is 16.1. The molecule has 0 bridgehead atoms. The zero-order valence-corrected chi connectivity index (χ0v) is 33.0. The van der Waals surface area contributed by atoms with Crippen LogP contribution in [0, 0.1) is 0 Å². The molecule has 0 radical (unpaired) electrons. The summed E-state index contributed by atoms with van der Waals surface area (Å²) in [5.74, 6) is 0. The summed E-state index contributed by atoms with van der Waals surface area (Å²) in [6.07, 6.45) is 0. The van der Waals surface area contributed by atoms with E-state index in [1.165, 1.54) is 66.0 Å². The highest BCUT2D eigenvalue weighted by Gasteiger charge is 2.20. The first-order valence-corrected chi connectivity index (χ1v) is 20.6. The van der Waals surface area contributed by atoms with Crippen molar-refractivity contribution in [3.63, 3.8) is 0 Å². The summed E-state index contributed by atoms with van der Waals surface area (Å²) >= 11 is 0. The molecule has 11 aromatic rings. The number of fused-ring (bicyclic) bond motifs is 4. The first-order chi connectivity index (χ1) is 29.8. The molecule has 0 aliphatic heterocycles. The van der Waals surface area contributed by atoms with Gasteiger partial charge >= 0.3 is 0 Å². The van der Waals surface area contributed by atoms with Crippen LogP contribution in [0.2, 0.25) is 0 Å². The topological polar surface area (TPSA) is 8.17 Å². The van der Waals surface area contributed by atoms with E-state index in [1.54, 1.807) is 0 Å². The lowest BCUT2D eigenvalue weighted by molar-refractivity contribution is 1.18. The summed E-state index contributed by atoms with van der Waals surface area (Å²) in [5, 5.41) is 4.99. The summed E-state index contributed by atoms with van der Waals surface area (Å²) in [4.78, 5) is 2.41. The van der Waals surface area contributed by atoms with Crippen LogP contribution in [-0.2, 0) is 0 Å². The van der Waals surface area contributed by atoms with Crippen LogP contribution in [0.1, 0.15) is 0 Å². The second-order valence-electron chi connectivity index (χ2n) is 15.3. The van der Waals surface area contributed by atoms with Crippen LogP contribution in [-0.4, -0.2) is 4.57 Å². The van der Waals surface area contributed by atoms with Gasteiger partial charge in [-0.2, -0.15) is 0 Å². The fraction of sp³-hybridized carbons (Fsp3) is 0. The van der Waals surface area contributed by atoms with Crippen molar-refractivity contribution >= 4 is 49.6 Å². The molecule has 0 amide bonds. The van der Waals surface area contributed by atoms with Gasteiger partial charge in [0, 0.05) is 33.4 Å². The molecule has 0 unspecified atom stereocenters. The van der Waals surface area contributed by atoms with Crippen molar-refractivity contribution in [2.24, 2.45) is 0 Å². The smallest absolute Gasteiger partial charge is 0.0547 e. The van der Waals surface area contributed by atoms with Crippen molar-refractivity contribution < 1.29 is 0 Å². The van der Waals surface area contributed by atoms with Gasteiger partial charge in [0.05, 0.1) is 16.7 Å². The molecule has 0 N–H and O–H groups in total. The standard InChI is InChI=1S/C58H40N2/c1-3-16-41(17-4-1)45-20-14-25-51(40-45)59(50-36-34-43(35-37-50)46-33-32-42-18-7-8-19-44(42)38-46)55-29-11-9-26-52(55)47-21-13-22-48(39-47)53-28-15-31-57-58(53)54-27-10-12-30-56(54)60(57)49-23-5-2-6-24-49/h1-40H. The molecule has 60 heavy (non-hydrogen) atoms. The predicted molar refractivity (Wildman–Crippen MR) is 255 cm³/mol. The molecule has 2 nitrogen and oxygen atoms in total. The monoisotopic (exact) mass is 764 g/mol. The fourth-order valence-corrected chi connectivity index (χ4v) is 8.94. The molecule has 282 valence electrons. The third-order valence-corrected chi connectivity index (χ3v) is 11.8. The number of benzene rings is 10. The van der Waals surface area contributed by atoms with E-state index in [9.17, 15) is 0 Å². The second-order valence-corrected chi connectivity index (χ2v) is 15.3. The number of rotatable bonds is 8. The second kappa shape index (κ2) is 15.1. The lowest BCUT2D eigenvalue weighted by Gasteiger charge is -2.28. The highest BCUT2D eigenvalue weighted by molar-refractivity contribution is 6.16. The molecule has 0 aliphatic carbocycles. The summed E-state index contributed by atoms with van der Waals surface area (Å²) in [5.41, 5.74) is 16.3.